The summed E-state index contributed by atoms with van der Waals surface area (Å²) >= 11 is 5.98. The van der Waals surface area contributed by atoms with E-state index in [1.165, 1.54) is 0 Å². The first-order valence-corrected chi connectivity index (χ1v) is 5.27. The molecule has 2 N–H and O–H groups in total. The summed E-state index contributed by atoms with van der Waals surface area (Å²) in [6.45, 7) is 3.40. The van der Waals surface area contributed by atoms with Crippen molar-refractivity contribution in [1.82, 2.24) is 0 Å². The molecule has 0 aliphatic heterocycles. The lowest BCUT2D eigenvalue weighted by atomic mass is 10.1. The van der Waals surface area contributed by atoms with E-state index in [9.17, 15) is 0 Å². The summed E-state index contributed by atoms with van der Waals surface area (Å²) in [5.74, 6) is 0.875. The monoisotopic (exact) mass is 213 g/mol. The average molecular weight is 214 g/mol. The molecule has 0 atom stereocenters. The minimum Gasteiger partial charge on any atom is -0.494 e. The van der Waals surface area contributed by atoms with Crippen LogP contribution < -0.4 is 10.5 Å². The molecule has 0 fully saturated rings. The summed E-state index contributed by atoms with van der Waals surface area (Å²) in [6, 6.07) is 5.75. The molecule has 78 valence electrons. The van der Waals surface area contributed by atoms with Crippen molar-refractivity contribution in [3.05, 3.63) is 28.8 Å². The third-order valence-electron chi connectivity index (χ3n) is 2.02. The first-order chi connectivity index (χ1) is 6.77. The largest absolute Gasteiger partial charge is 0.494 e. The van der Waals surface area contributed by atoms with Crippen LogP contribution in [-0.2, 0) is 6.42 Å². The lowest BCUT2D eigenvalue weighted by Gasteiger charge is -2.07. The lowest BCUT2D eigenvalue weighted by molar-refractivity contribution is 0.313. The van der Waals surface area contributed by atoms with Gasteiger partial charge in [-0.1, -0.05) is 18.5 Å². The summed E-state index contributed by atoms with van der Waals surface area (Å²) < 4.78 is 5.51. The smallest absolute Gasteiger partial charge is 0.119 e. The molecule has 1 aromatic carbocycles. The maximum atomic E-state index is 5.98. The molecule has 1 aromatic rings. The maximum absolute atomic E-state index is 5.98. The molecular weight excluding hydrogens is 198 g/mol. The van der Waals surface area contributed by atoms with E-state index in [1.54, 1.807) is 0 Å². The van der Waals surface area contributed by atoms with Gasteiger partial charge in [0, 0.05) is 5.02 Å². The van der Waals surface area contributed by atoms with Gasteiger partial charge in [0.15, 0.2) is 0 Å². The van der Waals surface area contributed by atoms with Crippen LogP contribution in [0.3, 0.4) is 0 Å². The highest BCUT2D eigenvalue weighted by Crippen LogP contribution is 2.22. The van der Waals surface area contributed by atoms with E-state index in [0.717, 1.165) is 29.2 Å². The molecular formula is C11H16ClNO. The number of rotatable bonds is 5. The van der Waals surface area contributed by atoms with Crippen LogP contribution in [0.2, 0.25) is 5.02 Å². The SMILES string of the molecule is CCc1cc(OCCCN)ccc1Cl. The molecule has 0 aliphatic rings. The third-order valence-corrected chi connectivity index (χ3v) is 2.38. The van der Waals surface area contributed by atoms with Crippen molar-refractivity contribution in [1.29, 1.82) is 0 Å². The molecule has 0 aliphatic carbocycles. The Morgan fingerprint density at radius 1 is 1.43 bits per heavy atom. The molecule has 0 aromatic heterocycles. The van der Waals surface area contributed by atoms with Crippen molar-refractivity contribution < 1.29 is 4.74 Å². The molecule has 1 rings (SSSR count). The quantitative estimate of drug-likeness (QED) is 0.764. The van der Waals surface area contributed by atoms with Crippen LogP contribution in [0.15, 0.2) is 18.2 Å². The minimum atomic E-state index is 0.661. The Bertz CT molecular complexity index is 289. The summed E-state index contributed by atoms with van der Waals surface area (Å²) in [5.41, 5.74) is 6.49. The molecule has 14 heavy (non-hydrogen) atoms. The summed E-state index contributed by atoms with van der Waals surface area (Å²) in [7, 11) is 0. The normalized spacial score (nSPS) is 10.2. The molecule has 0 bridgehead atoms. The lowest BCUT2D eigenvalue weighted by Crippen LogP contribution is -2.06. The summed E-state index contributed by atoms with van der Waals surface area (Å²) in [6.07, 6.45) is 1.80. The molecule has 0 radical (unpaired) electrons. The molecule has 0 saturated heterocycles. The van der Waals surface area contributed by atoms with Crippen molar-refractivity contribution in [3.8, 4) is 5.75 Å². The Kier molecular flexibility index (Phi) is 4.77. The van der Waals surface area contributed by atoms with Crippen LogP contribution in [0.1, 0.15) is 18.9 Å². The minimum absolute atomic E-state index is 0.661. The van der Waals surface area contributed by atoms with Gasteiger partial charge in [0.2, 0.25) is 0 Å². The van der Waals surface area contributed by atoms with Crippen molar-refractivity contribution in [2.24, 2.45) is 5.73 Å². The van der Waals surface area contributed by atoms with Gasteiger partial charge in [-0.2, -0.15) is 0 Å². The van der Waals surface area contributed by atoms with Crippen LogP contribution in [0.25, 0.3) is 0 Å². The number of benzene rings is 1. The molecule has 0 spiro atoms. The van der Waals surface area contributed by atoms with E-state index in [2.05, 4.69) is 6.92 Å². The molecule has 3 heteroatoms. The number of hydrogen-bond acceptors (Lipinski definition) is 2. The van der Waals surface area contributed by atoms with Crippen molar-refractivity contribution in [2.75, 3.05) is 13.2 Å². The second-order valence-electron chi connectivity index (χ2n) is 3.10. The highest BCUT2D eigenvalue weighted by atomic mass is 35.5. The predicted molar refractivity (Wildman–Crippen MR) is 60.0 cm³/mol. The fourth-order valence-electron chi connectivity index (χ4n) is 1.19. The topological polar surface area (TPSA) is 35.2 Å². The van der Waals surface area contributed by atoms with Crippen molar-refractivity contribution >= 4 is 11.6 Å². The van der Waals surface area contributed by atoms with E-state index >= 15 is 0 Å². The van der Waals surface area contributed by atoms with Gasteiger partial charge in [-0.15, -0.1) is 0 Å². The number of aryl methyl sites for hydroxylation is 1. The number of hydrogen-bond donors (Lipinski definition) is 1. The van der Waals surface area contributed by atoms with E-state index < -0.39 is 0 Å². The number of nitrogens with two attached hydrogens (primary N) is 1. The van der Waals surface area contributed by atoms with Gasteiger partial charge in [0.1, 0.15) is 5.75 Å². The van der Waals surface area contributed by atoms with E-state index in [4.69, 9.17) is 22.1 Å². The molecule has 2 nitrogen and oxygen atoms in total. The second-order valence-corrected chi connectivity index (χ2v) is 3.50. The summed E-state index contributed by atoms with van der Waals surface area (Å²) in [4.78, 5) is 0. The van der Waals surface area contributed by atoms with Crippen LogP contribution in [0.5, 0.6) is 5.75 Å². The standard InChI is InChI=1S/C11H16ClNO/c1-2-9-8-10(4-5-11(9)12)14-7-3-6-13/h4-5,8H,2-3,6-7,13H2,1H3. The zero-order valence-electron chi connectivity index (χ0n) is 8.42. The Labute approximate surface area is 90.0 Å². The first-order valence-electron chi connectivity index (χ1n) is 4.89. The van der Waals surface area contributed by atoms with E-state index in [-0.39, 0.29) is 0 Å². The third kappa shape index (κ3) is 3.20. The molecule has 0 amide bonds. The second kappa shape index (κ2) is 5.89. The van der Waals surface area contributed by atoms with Gasteiger partial charge < -0.3 is 10.5 Å². The highest BCUT2D eigenvalue weighted by molar-refractivity contribution is 6.31. The zero-order chi connectivity index (χ0) is 10.4. The maximum Gasteiger partial charge on any atom is 0.119 e. The van der Waals surface area contributed by atoms with Gasteiger partial charge in [-0.3, -0.25) is 0 Å². The Hall–Kier alpha value is -0.730. The number of halogens is 1. The van der Waals surface area contributed by atoms with Gasteiger partial charge in [-0.05, 0) is 43.1 Å². The van der Waals surface area contributed by atoms with Crippen molar-refractivity contribution in [3.63, 3.8) is 0 Å². The Balaban J connectivity index is 2.60. The average Bonchev–Trinajstić information content (AvgIpc) is 2.21. The van der Waals surface area contributed by atoms with Gasteiger partial charge in [-0.25, -0.2) is 0 Å². The molecule has 0 heterocycles. The van der Waals surface area contributed by atoms with Crippen LogP contribution in [-0.4, -0.2) is 13.2 Å². The van der Waals surface area contributed by atoms with Crippen LogP contribution in [0.4, 0.5) is 0 Å². The zero-order valence-corrected chi connectivity index (χ0v) is 9.18. The van der Waals surface area contributed by atoms with E-state index in [0.29, 0.717) is 13.2 Å². The first kappa shape index (κ1) is 11.3. The van der Waals surface area contributed by atoms with E-state index in [1.807, 2.05) is 18.2 Å². The van der Waals surface area contributed by atoms with Crippen molar-refractivity contribution in [2.45, 2.75) is 19.8 Å². The molecule has 0 saturated carbocycles. The predicted octanol–water partition coefficient (Wildman–Crippen LogP) is 2.63. The van der Waals surface area contributed by atoms with Gasteiger partial charge >= 0.3 is 0 Å². The Morgan fingerprint density at radius 3 is 2.86 bits per heavy atom. The van der Waals surface area contributed by atoms with Crippen LogP contribution >= 0.6 is 11.6 Å². The van der Waals surface area contributed by atoms with Gasteiger partial charge in [0.25, 0.3) is 0 Å². The molecule has 0 unspecified atom stereocenters. The fraction of sp³-hybridized carbons (Fsp3) is 0.455. The number of ether oxygens (including phenoxy) is 1. The summed E-state index contributed by atoms with van der Waals surface area (Å²) in [5, 5.41) is 0.804. The van der Waals surface area contributed by atoms with Gasteiger partial charge in [0.05, 0.1) is 6.61 Å². The highest BCUT2D eigenvalue weighted by Gasteiger charge is 2.00. The fourth-order valence-corrected chi connectivity index (χ4v) is 1.44. The van der Waals surface area contributed by atoms with Crippen LogP contribution in [0, 0.1) is 0 Å². The Morgan fingerprint density at radius 2 is 2.21 bits per heavy atom.